The van der Waals surface area contributed by atoms with E-state index < -0.39 is 0 Å². The SMILES string of the molecule is CCN(CC)c1nc(Cl)nc(Sc2ccc(Br)cn2)n1. The van der Waals surface area contributed by atoms with Crippen molar-refractivity contribution in [3.05, 3.63) is 28.1 Å². The molecule has 0 fully saturated rings. The molecule has 2 rings (SSSR count). The highest BCUT2D eigenvalue weighted by atomic mass is 79.9. The Hall–Kier alpha value is -0.920. The van der Waals surface area contributed by atoms with Crippen LogP contribution < -0.4 is 4.90 Å². The van der Waals surface area contributed by atoms with E-state index in [1.165, 1.54) is 11.8 Å². The van der Waals surface area contributed by atoms with Crippen molar-refractivity contribution < 1.29 is 0 Å². The zero-order valence-electron chi connectivity index (χ0n) is 11.0. The quantitative estimate of drug-likeness (QED) is 0.796. The van der Waals surface area contributed by atoms with Gasteiger partial charge in [0.2, 0.25) is 11.2 Å². The molecule has 0 spiro atoms. The standard InChI is InChI=1S/C12H13BrClN5S/c1-3-19(4-2)11-16-10(14)17-12(18-11)20-9-6-5-8(13)7-15-9/h5-7H,3-4H2,1-2H3. The van der Waals surface area contributed by atoms with E-state index in [4.69, 9.17) is 11.6 Å². The third-order valence-corrected chi connectivity index (χ3v) is 3.97. The molecule has 0 aliphatic carbocycles. The van der Waals surface area contributed by atoms with Gasteiger partial charge in [0.15, 0.2) is 5.16 Å². The lowest BCUT2D eigenvalue weighted by molar-refractivity contribution is 0.781. The first-order valence-corrected chi connectivity index (χ1v) is 8.07. The number of halogens is 2. The summed E-state index contributed by atoms with van der Waals surface area (Å²) in [7, 11) is 0. The van der Waals surface area contributed by atoms with Gasteiger partial charge in [-0.15, -0.1) is 0 Å². The molecular formula is C12H13BrClN5S. The highest BCUT2D eigenvalue weighted by molar-refractivity contribution is 9.10. The molecule has 0 aliphatic rings. The first kappa shape index (κ1) is 15.5. The van der Waals surface area contributed by atoms with Gasteiger partial charge in [0.1, 0.15) is 5.03 Å². The Bertz CT molecular complexity index is 577. The molecule has 0 N–H and O–H groups in total. The number of hydrogen-bond acceptors (Lipinski definition) is 6. The second-order valence-electron chi connectivity index (χ2n) is 3.78. The number of hydrogen-bond donors (Lipinski definition) is 0. The zero-order chi connectivity index (χ0) is 14.5. The monoisotopic (exact) mass is 373 g/mol. The van der Waals surface area contributed by atoms with Crippen LogP contribution in [0.5, 0.6) is 0 Å². The number of rotatable bonds is 5. The Morgan fingerprint density at radius 3 is 2.55 bits per heavy atom. The minimum absolute atomic E-state index is 0.196. The smallest absolute Gasteiger partial charge is 0.230 e. The van der Waals surface area contributed by atoms with Crippen molar-refractivity contribution in [2.75, 3.05) is 18.0 Å². The molecule has 2 heterocycles. The molecule has 0 saturated heterocycles. The van der Waals surface area contributed by atoms with E-state index in [0.717, 1.165) is 22.6 Å². The Morgan fingerprint density at radius 2 is 1.95 bits per heavy atom. The second kappa shape index (κ2) is 7.19. The molecule has 20 heavy (non-hydrogen) atoms. The summed E-state index contributed by atoms with van der Waals surface area (Å²) in [5, 5.41) is 1.55. The fourth-order valence-electron chi connectivity index (χ4n) is 1.53. The van der Waals surface area contributed by atoms with E-state index >= 15 is 0 Å². The van der Waals surface area contributed by atoms with Crippen LogP contribution in [-0.2, 0) is 0 Å². The van der Waals surface area contributed by atoms with E-state index in [1.807, 2.05) is 30.9 Å². The molecule has 0 atom stereocenters. The maximum absolute atomic E-state index is 5.97. The van der Waals surface area contributed by atoms with Crippen molar-refractivity contribution in [1.29, 1.82) is 0 Å². The molecule has 0 unspecified atom stereocenters. The van der Waals surface area contributed by atoms with Crippen molar-refractivity contribution in [1.82, 2.24) is 19.9 Å². The summed E-state index contributed by atoms with van der Waals surface area (Å²) in [5.41, 5.74) is 0. The topological polar surface area (TPSA) is 54.8 Å². The summed E-state index contributed by atoms with van der Waals surface area (Å²) >= 11 is 10.7. The van der Waals surface area contributed by atoms with Crippen molar-refractivity contribution in [3.63, 3.8) is 0 Å². The van der Waals surface area contributed by atoms with Crippen LogP contribution in [0, 0.1) is 0 Å². The summed E-state index contributed by atoms with van der Waals surface area (Å²) in [4.78, 5) is 19.0. The minimum Gasteiger partial charge on any atom is -0.341 e. The van der Waals surface area contributed by atoms with E-state index in [0.29, 0.717) is 11.1 Å². The van der Waals surface area contributed by atoms with Gasteiger partial charge in [-0.3, -0.25) is 0 Å². The Morgan fingerprint density at radius 1 is 1.20 bits per heavy atom. The molecule has 0 saturated carbocycles. The molecule has 2 aromatic heterocycles. The zero-order valence-corrected chi connectivity index (χ0v) is 14.2. The van der Waals surface area contributed by atoms with Crippen molar-refractivity contribution in [3.8, 4) is 0 Å². The third-order valence-electron chi connectivity index (χ3n) is 2.52. The van der Waals surface area contributed by atoms with Gasteiger partial charge >= 0.3 is 0 Å². The molecule has 0 aliphatic heterocycles. The maximum atomic E-state index is 5.97. The third kappa shape index (κ3) is 4.04. The van der Waals surface area contributed by atoms with Gasteiger partial charge in [-0.1, -0.05) is 0 Å². The minimum atomic E-state index is 0.196. The van der Waals surface area contributed by atoms with Crippen LogP contribution in [0.3, 0.4) is 0 Å². The molecule has 106 valence electrons. The fraction of sp³-hybridized carbons (Fsp3) is 0.333. The van der Waals surface area contributed by atoms with Gasteiger partial charge in [-0.05, 0) is 65.3 Å². The molecule has 0 amide bonds. The van der Waals surface area contributed by atoms with E-state index in [1.54, 1.807) is 6.20 Å². The molecule has 0 radical (unpaired) electrons. The highest BCUT2D eigenvalue weighted by Crippen LogP contribution is 2.25. The van der Waals surface area contributed by atoms with Crippen LogP contribution in [0.1, 0.15) is 13.8 Å². The van der Waals surface area contributed by atoms with Gasteiger partial charge in [0, 0.05) is 23.8 Å². The van der Waals surface area contributed by atoms with Crippen LogP contribution >= 0.6 is 39.3 Å². The lowest BCUT2D eigenvalue weighted by Crippen LogP contribution is -2.24. The largest absolute Gasteiger partial charge is 0.341 e. The van der Waals surface area contributed by atoms with Crippen LogP contribution in [0.4, 0.5) is 5.95 Å². The first-order valence-electron chi connectivity index (χ1n) is 6.08. The van der Waals surface area contributed by atoms with E-state index in [-0.39, 0.29) is 5.28 Å². The fourth-order valence-corrected chi connectivity index (χ4v) is 2.66. The Labute approximate surface area is 135 Å². The maximum Gasteiger partial charge on any atom is 0.230 e. The molecule has 0 aromatic carbocycles. The van der Waals surface area contributed by atoms with E-state index in [9.17, 15) is 0 Å². The second-order valence-corrected chi connectivity index (χ2v) is 6.02. The van der Waals surface area contributed by atoms with Crippen molar-refractivity contribution in [2.45, 2.75) is 24.0 Å². The van der Waals surface area contributed by atoms with Crippen LogP contribution in [0.25, 0.3) is 0 Å². The average Bonchev–Trinajstić information content (AvgIpc) is 2.42. The van der Waals surface area contributed by atoms with Crippen LogP contribution in [-0.4, -0.2) is 33.0 Å². The number of aromatic nitrogens is 4. The van der Waals surface area contributed by atoms with Crippen LogP contribution in [0.15, 0.2) is 33.0 Å². The first-order chi connectivity index (χ1) is 9.62. The van der Waals surface area contributed by atoms with Gasteiger partial charge in [-0.25, -0.2) is 4.98 Å². The number of anilines is 1. The molecule has 0 bridgehead atoms. The molecule has 5 nitrogen and oxygen atoms in total. The summed E-state index contributed by atoms with van der Waals surface area (Å²) in [6, 6.07) is 3.81. The number of pyridine rings is 1. The van der Waals surface area contributed by atoms with E-state index in [2.05, 4.69) is 35.9 Å². The normalized spacial score (nSPS) is 10.6. The average molecular weight is 375 g/mol. The predicted molar refractivity (Wildman–Crippen MR) is 84.5 cm³/mol. The lowest BCUT2D eigenvalue weighted by atomic mass is 10.5. The Kier molecular flexibility index (Phi) is 5.56. The van der Waals surface area contributed by atoms with Gasteiger partial charge in [0.05, 0.1) is 0 Å². The Balaban J connectivity index is 2.25. The summed E-state index contributed by atoms with van der Waals surface area (Å²) in [6.45, 7) is 5.73. The molecular weight excluding hydrogens is 362 g/mol. The lowest BCUT2D eigenvalue weighted by Gasteiger charge is -2.18. The molecule has 8 heteroatoms. The van der Waals surface area contributed by atoms with Gasteiger partial charge < -0.3 is 4.90 Å². The van der Waals surface area contributed by atoms with Crippen molar-refractivity contribution in [2.24, 2.45) is 0 Å². The summed E-state index contributed by atoms with van der Waals surface area (Å²) in [6.07, 6.45) is 1.73. The van der Waals surface area contributed by atoms with Crippen LogP contribution in [0.2, 0.25) is 5.28 Å². The number of nitrogens with zero attached hydrogens (tertiary/aromatic N) is 5. The predicted octanol–water partition coefficient (Wildman–Crippen LogP) is 3.68. The van der Waals surface area contributed by atoms with Gasteiger partial charge in [-0.2, -0.15) is 15.0 Å². The van der Waals surface area contributed by atoms with Crippen molar-refractivity contribution >= 4 is 45.2 Å². The van der Waals surface area contributed by atoms with Gasteiger partial charge in [0.25, 0.3) is 0 Å². The highest BCUT2D eigenvalue weighted by Gasteiger charge is 2.11. The summed E-state index contributed by atoms with van der Waals surface area (Å²) < 4.78 is 0.930. The summed E-state index contributed by atoms with van der Waals surface area (Å²) in [5.74, 6) is 0.592. The molecule has 2 aromatic rings.